The molecule has 0 spiro atoms. The lowest BCUT2D eigenvalue weighted by molar-refractivity contribution is 0.0992. The van der Waals surface area contributed by atoms with Gasteiger partial charge in [0.25, 0.3) is 11.8 Å². The Kier molecular flexibility index (Phi) is 5.37. The molecule has 34 heavy (non-hydrogen) atoms. The van der Waals surface area contributed by atoms with Crippen LogP contribution in [-0.2, 0) is 6.42 Å². The van der Waals surface area contributed by atoms with Crippen molar-refractivity contribution in [2.75, 3.05) is 5.32 Å². The molecule has 2 heterocycles. The lowest BCUT2D eigenvalue weighted by Crippen LogP contribution is -2.17. The second kappa shape index (κ2) is 8.39. The zero-order valence-electron chi connectivity index (χ0n) is 18.0. The lowest BCUT2D eigenvalue weighted by atomic mass is 9.81. The van der Waals surface area contributed by atoms with Gasteiger partial charge in [-0.2, -0.15) is 5.10 Å². The zero-order chi connectivity index (χ0) is 24.0. The van der Waals surface area contributed by atoms with Gasteiger partial charge in [0.05, 0.1) is 16.9 Å². The van der Waals surface area contributed by atoms with Crippen LogP contribution < -0.4 is 11.1 Å². The van der Waals surface area contributed by atoms with Crippen molar-refractivity contribution in [1.82, 2.24) is 14.8 Å². The minimum atomic E-state index is -0.636. The maximum Gasteiger partial charge on any atom is 0.269 e. The molecule has 1 aliphatic carbocycles. The predicted molar refractivity (Wildman–Crippen MR) is 127 cm³/mol. The smallest absolute Gasteiger partial charge is 0.269 e. The molecule has 1 unspecified atom stereocenters. The fourth-order valence-electron chi connectivity index (χ4n) is 4.33. The van der Waals surface area contributed by atoms with Gasteiger partial charge in [0.1, 0.15) is 11.0 Å². The van der Waals surface area contributed by atoms with Crippen LogP contribution in [0.3, 0.4) is 0 Å². The average Bonchev–Trinajstić information content (AvgIpc) is 3.19. The van der Waals surface area contributed by atoms with Crippen LogP contribution in [0.25, 0.3) is 16.9 Å². The van der Waals surface area contributed by atoms with E-state index in [1.165, 1.54) is 18.3 Å². The van der Waals surface area contributed by atoms with Crippen LogP contribution in [0.4, 0.5) is 10.1 Å². The summed E-state index contributed by atoms with van der Waals surface area (Å²) < 4.78 is 15.2. The van der Waals surface area contributed by atoms with E-state index in [4.69, 9.17) is 17.3 Å². The molecule has 5 rings (SSSR count). The number of halogens is 2. The summed E-state index contributed by atoms with van der Waals surface area (Å²) in [4.78, 5) is 28.9. The Bertz CT molecular complexity index is 1450. The predicted octanol–water partition coefficient (Wildman–Crippen LogP) is 4.74. The van der Waals surface area contributed by atoms with Gasteiger partial charge in [0.15, 0.2) is 5.69 Å². The standard InChI is InChI=1S/C25H19ClFN5O2/c1-13-11-20-21(24(28)33)31-32(16-7-4-14(27)5-8-16)22(20)19-12-15(6-9-17(13)19)30-25(34)18-3-2-10-29-23(18)26/h2-10,12-13H,11H2,1H3,(H2,28,33)(H,30,34). The Morgan fingerprint density at radius 1 is 1.18 bits per heavy atom. The van der Waals surface area contributed by atoms with Crippen LogP contribution in [-0.4, -0.2) is 26.6 Å². The first-order valence-corrected chi connectivity index (χ1v) is 10.9. The molecule has 3 N–H and O–H groups in total. The van der Waals surface area contributed by atoms with Crippen LogP contribution in [0.2, 0.25) is 5.15 Å². The van der Waals surface area contributed by atoms with Gasteiger partial charge in [-0.05, 0) is 66.4 Å². The Labute approximate surface area is 199 Å². The molecular formula is C25H19ClFN5O2. The van der Waals surface area contributed by atoms with E-state index in [1.807, 2.05) is 18.2 Å². The third-order valence-electron chi connectivity index (χ3n) is 5.90. The van der Waals surface area contributed by atoms with E-state index in [0.717, 1.165) is 16.7 Å². The van der Waals surface area contributed by atoms with E-state index in [1.54, 1.807) is 28.9 Å². The summed E-state index contributed by atoms with van der Waals surface area (Å²) in [6, 6.07) is 14.6. The number of hydrogen-bond acceptors (Lipinski definition) is 4. The lowest BCUT2D eigenvalue weighted by Gasteiger charge is -2.25. The third-order valence-corrected chi connectivity index (χ3v) is 6.20. The number of benzene rings is 2. The largest absolute Gasteiger partial charge is 0.364 e. The van der Waals surface area contributed by atoms with Crippen molar-refractivity contribution < 1.29 is 14.0 Å². The molecule has 2 aromatic carbocycles. The van der Waals surface area contributed by atoms with Crippen LogP contribution in [0, 0.1) is 5.82 Å². The second-order valence-corrected chi connectivity index (χ2v) is 8.49. The summed E-state index contributed by atoms with van der Waals surface area (Å²) in [5.74, 6) is -1.33. The van der Waals surface area contributed by atoms with E-state index >= 15 is 0 Å². The van der Waals surface area contributed by atoms with Crippen LogP contribution in [0.1, 0.15) is 44.8 Å². The number of aromatic nitrogens is 3. The average molecular weight is 476 g/mol. The number of hydrogen-bond donors (Lipinski definition) is 2. The minimum absolute atomic E-state index is 0.0870. The highest BCUT2D eigenvalue weighted by molar-refractivity contribution is 6.33. The maximum absolute atomic E-state index is 13.6. The van der Waals surface area contributed by atoms with Crippen molar-refractivity contribution in [3.63, 3.8) is 0 Å². The Balaban J connectivity index is 1.64. The fourth-order valence-corrected chi connectivity index (χ4v) is 4.53. The van der Waals surface area contributed by atoms with Crippen molar-refractivity contribution >= 4 is 29.1 Å². The molecule has 0 saturated carbocycles. The first-order chi connectivity index (χ1) is 16.3. The third kappa shape index (κ3) is 3.72. The van der Waals surface area contributed by atoms with E-state index in [-0.39, 0.29) is 28.1 Å². The summed E-state index contributed by atoms with van der Waals surface area (Å²) in [6.07, 6.45) is 2.08. The molecule has 0 aliphatic heterocycles. The molecular weight excluding hydrogens is 457 g/mol. The first-order valence-electron chi connectivity index (χ1n) is 10.6. The van der Waals surface area contributed by atoms with Gasteiger partial charge in [0, 0.05) is 23.0 Å². The van der Waals surface area contributed by atoms with Crippen molar-refractivity contribution in [2.24, 2.45) is 5.73 Å². The number of nitrogens with zero attached hydrogens (tertiary/aromatic N) is 3. The monoisotopic (exact) mass is 475 g/mol. The SMILES string of the molecule is CC1Cc2c(C(N)=O)nn(-c3ccc(F)cc3)c2-c2cc(NC(=O)c3cccnc3Cl)ccc21. The molecule has 1 aliphatic rings. The first kappa shape index (κ1) is 21.8. The molecule has 0 fully saturated rings. The molecule has 0 saturated heterocycles. The summed E-state index contributed by atoms with van der Waals surface area (Å²) >= 11 is 6.06. The van der Waals surface area contributed by atoms with Gasteiger partial charge in [-0.3, -0.25) is 9.59 Å². The summed E-state index contributed by atoms with van der Waals surface area (Å²) in [7, 11) is 0. The number of amides is 2. The highest BCUT2D eigenvalue weighted by Gasteiger charge is 2.31. The Morgan fingerprint density at radius 3 is 2.65 bits per heavy atom. The number of pyridine rings is 1. The van der Waals surface area contributed by atoms with Gasteiger partial charge in [-0.25, -0.2) is 14.1 Å². The van der Waals surface area contributed by atoms with Crippen molar-refractivity contribution in [1.29, 1.82) is 0 Å². The van der Waals surface area contributed by atoms with Crippen molar-refractivity contribution in [2.45, 2.75) is 19.3 Å². The molecule has 0 radical (unpaired) electrons. The maximum atomic E-state index is 13.6. The fraction of sp³-hybridized carbons (Fsp3) is 0.120. The molecule has 0 bridgehead atoms. The van der Waals surface area contributed by atoms with Crippen molar-refractivity contribution in [3.05, 3.63) is 94.1 Å². The highest BCUT2D eigenvalue weighted by atomic mass is 35.5. The molecule has 7 nitrogen and oxygen atoms in total. The summed E-state index contributed by atoms with van der Waals surface area (Å²) in [5, 5.41) is 7.44. The van der Waals surface area contributed by atoms with Crippen molar-refractivity contribution in [3.8, 4) is 16.9 Å². The Morgan fingerprint density at radius 2 is 1.94 bits per heavy atom. The van der Waals surface area contributed by atoms with E-state index in [0.29, 0.717) is 23.5 Å². The number of rotatable bonds is 4. The summed E-state index contributed by atoms with van der Waals surface area (Å²) in [5.41, 5.74) is 10.4. The minimum Gasteiger partial charge on any atom is -0.364 e. The molecule has 2 amide bonds. The number of nitrogens with one attached hydrogen (secondary N) is 1. The number of anilines is 1. The van der Waals surface area contributed by atoms with Crippen LogP contribution in [0.15, 0.2) is 60.8 Å². The zero-order valence-corrected chi connectivity index (χ0v) is 18.8. The van der Waals surface area contributed by atoms with E-state index in [2.05, 4.69) is 22.3 Å². The second-order valence-electron chi connectivity index (χ2n) is 8.13. The van der Waals surface area contributed by atoms with Gasteiger partial charge in [-0.15, -0.1) is 0 Å². The number of primary amides is 1. The number of nitrogens with two attached hydrogens (primary N) is 1. The molecule has 2 aromatic heterocycles. The van der Waals surface area contributed by atoms with Gasteiger partial charge in [-0.1, -0.05) is 24.6 Å². The molecule has 9 heteroatoms. The molecule has 170 valence electrons. The summed E-state index contributed by atoms with van der Waals surface area (Å²) in [6.45, 7) is 2.05. The van der Waals surface area contributed by atoms with E-state index in [9.17, 15) is 14.0 Å². The number of fused-ring (bicyclic) bond motifs is 3. The van der Waals surface area contributed by atoms with Gasteiger partial charge >= 0.3 is 0 Å². The normalized spacial score (nSPS) is 14.3. The number of carbonyl (C=O) groups is 2. The Hall–Kier alpha value is -4.04. The quantitative estimate of drug-likeness (QED) is 0.416. The number of carbonyl (C=O) groups excluding carboxylic acids is 2. The van der Waals surface area contributed by atoms with Crippen LogP contribution >= 0.6 is 11.6 Å². The van der Waals surface area contributed by atoms with Crippen LogP contribution in [0.5, 0.6) is 0 Å². The van der Waals surface area contributed by atoms with Gasteiger partial charge < -0.3 is 11.1 Å². The molecule has 1 atom stereocenters. The van der Waals surface area contributed by atoms with E-state index < -0.39 is 11.8 Å². The molecule has 4 aromatic rings. The topological polar surface area (TPSA) is 103 Å². The highest BCUT2D eigenvalue weighted by Crippen LogP contribution is 2.43. The van der Waals surface area contributed by atoms with Gasteiger partial charge in [0.2, 0.25) is 0 Å².